The summed E-state index contributed by atoms with van der Waals surface area (Å²) in [6, 6.07) is 3.56. The Morgan fingerprint density at radius 2 is 2.00 bits per heavy atom. The van der Waals surface area contributed by atoms with Crippen molar-refractivity contribution >= 4 is 27.7 Å². The molecule has 0 atom stereocenters. The van der Waals surface area contributed by atoms with E-state index in [1.165, 1.54) is 32.8 Å². The van der Waals surface area contributed by atoms with Crippen molar-refractivity contribution in [2.45, 2.75) is 25.7 Å². The molecule has 1 aliphatic heterocycles. The molecule has 5 heteroatoms. The number of hydrogen-bond acceptors (Lipinski definition) is 4. The molecule has 0 amide bonds. The minimum atomic E-state index is -0.318. The molecule has 2 fully saturated rings. The van der Waals surface area contributed by atoms with E-state index in [1.54, 1.807) is 12.1 Å². The molecule has 19 heavy (non-hydrogen) atoms. The number of methoxy groups -OCH3 is 1. The van der Waals surface area contributed by atoms with Crippen LogP contribution in [0, 0.1) is 5.41 Å². The first kappa shape index (κ1) is 12.9. The molecule has 1 aromatic heterocycles. The molecule has 0 radical (unpaired) electrons. The first-order valence-corrected chi connectivity index (χ1v) is 7.43. The van der Waals surface area contributed by atoms with Crippen molar-refractivity contribution in [2.75, 3.05) is 25.1 Å². The molecule has 102 valence electrons. The molecule has 0 aromatic carbocycles. The quantitative estimate of drug-likeness (QED) is 0.619. The third-order valence-electron chi connectivity index (χ3n) is 4.33. The summed E-state index contributed by atoms with van der Waals surface area (Å²) in [4.78, 5) is 18.5. The van der Waals surface area contributed by atoms with Gasteiger partial charge < -0.3 is 9.64 Å². The van der Waals surface area contributed by atoms with Crippen LogP contribution in [0.3, 0.4) is 0 Å². The molecule has 2 aliphatic rings. The number of esters is 1. The summed E-state index contributed by atoms with van der Waals surface area (Å²) >= 11 is 3.38. The van der Waals surface area contributed by atoms with E-state index in [1.807, 2.05) is 0 Å². The predicted molar refractivity (Wildman–Crippen MR) is 76.4 cm³/mol. The van der Waals surface area contributed by atoms with E-state index in [2.05, 4.69) is 25.8 Å². The number of piperidine rings is 1. The Bertz CT molecular complexity index is 504. The van der Waals surface area contributed by atoms with E-state index in [0.29, 0.717) is 11.0 Å². The fourth-order valence-electron chi connectivity index (χ4n) is 2.81. The van der Waals surface area contributed by atoms with Gasteiger partial charge in [0, 0.05) is 13.1 Å². The first-order chi connectivity index (χ1) is 9.13. The Balaban J connectivity index is 1.86. The van der Waals surface area contributed by atoms with E-state index in [0.717, 1.165) is 23.5 Å². The molecule has 1 saturated heterocycles. The van der Waals surface area contributed by atoms with Crippen LogP contribution in [-0.2, 0) is 4.74 Å². The smallest absolute Gasteiger partial charge is 0.341 e. The summed E-state index contributed by atoms with van der Waals surface area (Å²) in [5, 5.41) is 0. The minimum Gasteiger partial charge on any atom is -0.465 e. The topological polar surface area (TPSA) is 42.4 Å². The van der Waals surface area contributed by atoms with Crippen molar-refractivity contribution in [3.8, 4) is 0 Å². The van der Waals surface area contributed by atoms with Gasteiger partial charge in [-0.1, -0.05) is 0 Å². The van der Waals surface area contributed by atoms with Gasteiger partial charge in [-0.3, -0.25) is 0 Å². The summed E-state index contributed by atoms with van der Waals surface area (Å²) in [5.41, 5.74) is 1.17. The van der Waals surface area contributed by atoms with E-state index in [-0.39, 0.29) is 5.97 Å². The van der Waals surface area contributed by atoms with Crippen LogP contribution in [0.1, 0.15) is 36.0 Å². The van der Waals surface area contributed by atoms with Gasteiger partial charge in [-0.15, -0.1) is 0 Å². The second kappa shape index (κ2) is 4.78. The number of anilines is 1. The number of rotatable bonds is 2. The van der Waals surface area contributed by atoms with Crippen LogP contribution in [-0.4, -0.2) is 31.2 Å². The van der Waals surface area contributed by atoms with Crippen LogP contribution < -0.4 is 4.90 Å². The summed E-state index contributed by atoms with van der Waals surface area (Å²) in [5.74, 6) is 0.429. The number of carbonyl (C=O) groups is 1. The summed E-state index contributed by atoms with van der Waals surface area (Å²) in [6.45, 7) is 1.96. The molecule has 1 aliphatic carbocycles. The van der Waals surface area contributed by atoms with Crippen LogP contribution in [0.4, 0.5) is 5.82 Å². The van der Waals surface area contributed by atoms with Gasteiger partial charge in [0.1, 0.15) is 16.0 Å². The minimum absolute atomic E-state index is 0.318. The molecule has 0 unspecified atom stereocenters. The number of hydrogen-bond donors (Lipinski definition) is 0. The zero-order valence-electron chi connectivity index (χ0n) is 11.0. The lowest BCUT2D eigenvalue weighted by molar-refractivity contribution is 0.0601. The van der Waals surface area contributed by atoms with E-state index < -0.39 is 0 Å². The zero-order valence-corrected chi connectivity index (χ0v) is 12.6. The van der Waals surface area contributed by atoms with Gasteiger partial charge in [-0.25, -0.2) is 9.78 Å². The van der Waals surface area contributed by atoms with Crippen LogP contribution in [0.15, 0.2) is 16.7 Å². The molecule has 0 bridgehead atoms. The van der Waals surface area contributed by atoms with Crippen molar-refractivity contribution in [1.29, 1.82) is 0 Å². The number of nitrogens with zero attached hydrogens (tertiary/aromatic N) is 2. The van der Waals surface area contributed by atoms with Crippen molar-refractivity contribution in [3.05, 3.63) is 22.3 Å². The highest BCUT2D eigenvalue weighted by Crippen LogP contribution is 2.53. The van der Waals surface area contributed by atoms with Gasteiger partial charge in [0.25, 0.3) is 0 Å². The van der Waals surface area contributed by atoms with Crippen LogP contribution in [0.2, 0.25) is 0 Å². The highest BCUT2D eigenvalue weighted by Gasteiger charge is 2.44. The highest BCUT2D eigenvalue weighted by atomic mass is 79.9. The van der Waals surface area contributed by atoms with E-state index in [4.69, 9.17) is 4.74 Å². The highest BCUT2D eigenvalue weighted by molar-refractivity contribution is 9.10. The molecule has 0 N–H and O–H groups in total. The van der Waals surface area contributed by atoms with Crippen molar-refractivity contribution in [3.63, 3.8) is 0 Å². The van der Waals surface area contributed by atoms with Crippen molar-refractivity contribution in [1.82, 2.24) is 4.98 Å². The number of aromatic nitrogens is 1. The normalized spacial score (nSPS) is 20.4. The third kappa shape index (κ3) is 2.48. The Hall–Kier alpha value is -1.10. The van der Waals surface area contributed by atoms with Gasteiger partial charge in [0.2, 0.25) is 0 Å². The lowest BCUT2D eigenvalue weighted by atomic mass is 9.93. The second-order valence-corrected chi connectivity index (χ2v) is 6.30. The molecule has 3 rings (SSSR count). The maximum atomic E-state index is 11.8. The summed E-state index contributed by atoms with van der Waals surface area (Å²) < 4.78 is 5.59. The number of pyridine rings is 1. The average Bonchev–Trinajstić information content (AvgIpc) is 3.18. The monoisotopic (exact) mass is 324 g/mol. The lowest BCUT2D eigenvalue weighted by Crippen LogP contribution is -2.36. The fourth-order valence-corrected chi connectivity index (χ4v) is 3.11. The lowest BCUT2D eigenvalue weighted by Gasteiger charge is -2.33. The van der Waals surface area contributed by atoms with Gasteiger partial charge in [-0.05, 0) is 59.2 Å². The second-order valence-electron chi connectivity index (χ2n) is 5.48. The van der Waals surface area contributed by atoms with Crippen LogP contribution in [0.25, 0.3) is 0 Å². The molecular weight excluding hydrogens is 308 g/mol. The molecular formula is C14H17BrN2O2. The molecule has 2 heterocycles. The molecule has 1 aromatic rings. The fraction of sp³-hybridized carbons (Fsp3) is 0.571. The largest absolute Gasteiger partial charge is 0.465 e. The maximum Gasteiger partial charge on any atom is 0.341 e. The Morgan fingerprint density at radius 1 is 1.32 bits per heavy atom. The van der Waals surface area contributed by atoms with Gasteiger partial charge in [-0.2, -0.15) is 0 Å². The molecule has 1 spiro atoms. The average molecular weight is 325 g/mol. The first-order valence-electron chi connectivity index (χ1n) is 6.63. The summed E-state index contributed by atoms with van der Waals surface area (Å²) in [6.07, 6.45) is 5.16. The Labute approximate surface area is 121 Å². The summed E-state index contributed by atoms with van der Waals surface area (Å²) in [7, 11) is 1.41. The van der Waals surface area contributed by atoms with Crippen molar-refractivity contribution in [2.24, 2.45) is 5.41 Å². The zero-order chi connectivity index (χ0) is 13.5. The Morgan fingerprint density at radius 3 is 2.58 bits per heavy atom. The SMILES string of the molecule is COC(=O)c1ccc(Br)nc1N1CCC2(CC1)CC2. The van der Waals surface area contributed by atoms with E-state index >= 15 is 0 Å². The van der Waals surface area contributed by atoms with Gasteiger partial charge in [0.05, 0.1) is 7.11 Å². The number of carbonyl (C=O) groups excluding carboxylic acids is 1. The van der Waals surface area contributed by atoms with E-state index in [9.17, 15) is 4.79 Å². The standard InChI is InChI=1S/C14H17BrN2O2/c1-19-13(18)10-2-3-11(15)16-12(10)17-8-6-14(4-5-14)7-9-17/h2-3H,4-9H2,1H3. The Kier molecular flexibility index (Phi) is 3.25. The number of halogens is 1. The van der Waals surface area contributed by atoms with Crippen LogP contribution >= 0.6 is 15.9 Å². The molecule has 4 nitrogen and oxygen atoms in total. The van der Waals surface area contributed by atoms with Gasteiger partial charge >= 0.3 is 5.97 Å². The predicted octanol–water partition coefficient (Wildman–Crippen LogP) is 3.01. The third-order valence-corrected chi connectivity index (χ3v) is 4.77. The maximum absolute atomic E-state index is 11.8. The molecule has 1 saturated carbocycles. The van der Waals surface area contributed by atoms with Crippen molar-refractivity contribution < 1.29 is 9.53 Å². The van der Waals surface area contributed by atoms with Gasteiger partial charge in [0.15, 0.2) is 0 Å². The van der Waals surface area contributed by atoms with Crippen LogP contribution in [0.5, 0.6) is 0 Å². The number of ether oxygens (including phenoxy) is 1.